The van der Waals surface area contributed by atoms with E-state index in [1.807, 2.05) is 50.2 Å². The summed E-state index contributed by atoms with van der Waals surface area (Å²) in [6.07, 6.45) is 1.54. The maximum Gasteiger partial charge on any atom is 0.271 e. The Morgan fingerprint density at radius 1 is 1.09 bits per heavy atom. The van der Waals surface area contributed by atoms with E-state index in [0.29, 0.717) is 35.3 Å². The summed E-state index contributed by atoms with van der Waals surface area (Å²) < 4.78 is 13.5. The predicted octanol–water partition coefficient (Wildman–Crippen LogP) is 6.92. The van der Waals surface area contributed by atoms with E-state index in [2.05, 4.69) is 42.4 Å². The van der Waals surface area contributed by atoms with Gasteiger partial charge in [0.2, 0.25) is 0 Å². The highest BCUT2D eigenvalue weighted by Gasteiger charge is 2.13. The molecule has 1 amide bonds. The van der Waals surface area contributed by atoms with Crippen LogP contribution in [0, 0.1) is 6.92 Å². The van der Waals surface area contributed by atoms with E-state index in [-0.39, 0.29) is 5.91 Å². The van der Waals surface area contributed by atoms with Gasteiger partial charge in [-0.2, -0.15) is 5.10 Å². The SMILES string of the molecule is CCOc1cc(/C=N\NC(=O)c2ccc(C)c(Cl)c2)cc(Br)c1OCc1ccc(Br)cc1. The molecule has 0 saturated carbocycles. The molecule has 0 spiro atoms. The highest BCUT2D eigenvalue weighted by Crippen LogP contribution is 2.37. The molecule has 0 aliphatic rings. The van der Waals surface area contributed by atoms with Crippen molar-refractivity contribution < 1.29 is 14.3 Å². The van der Waals surface area contributed by atoms with E-state index in [1.165, 1.54) is 0 Å². The molecular weight excluding hydrogens is 560 g/mol. The van der Waals surface area contributed by atoms with Gasteiger partial charge >= 0.3 is 0 Å². The highest BCUT2D eigenvalue weighted by molar-refractivity contribution is 9.10. The van der Waals surface area contributed by atoms with Gasteiger partial charge in [-0.1, -0.05) is 45.7 Å². The van der Waals surface area contributed by atoms with Crippen LogP contribution in [-0.2, 0) is 6.61 Å². The molecular formula is C24H21Br2ClN2O3. The lowest BCUT2D eigenvalue weighted by Gasteiger charge is -2.14. The summed E-state index contributed by atoms with van der Waals surface area (Å²) in [5.41, 5.74) is 5.62. The molecule has 0 aliphatic carbocycles. The molecule has 0 aromatic heterocycles. The maximum absolute atomic E-state index is 12.3. The van der Waals surface area contributed by atoms with Crippen molar-refractivity contribution in [3.63, 3.8) is 0 Å². The second kappa shape index (κ2) is 11.5. The molecule has 166 valence electrons. The van der Waals surface area contributed by atoms with Crippen molar-refractivity contribution in [2.45, 2.75) is 20.5 Å². The Bertz CT molecular complexity index is 1130. The molecule has 5 nitrogen and oxygen atoms in total. The van der Waals surface area contributed by atoms with E-state index < -0.39 is 0 Å². The molecule has 0 aliphatic heterocycles. The van der Waals surface area contributed by atoms with Crippen LogP contribution in [-0.4, -0.2) is 18.7 Å². The Balaban J connectivity index is 1.71. The van der Waals surface area contributed by atoms with Crippen LogP contribution < -0.4 is 14.9 Å². The average Bonchev–Trinajstić information content (AvgIpc) is 2.76. The van der Waals surface area contributed by atoms with E-state index in [4.69, 9.17) is 21.1 Å². The number of nitrogens with one attached hydrogen (secondary N) is 1. The molecule has 0 radical (unpaired) electrons. The molecule has 32 heavy (non-hydrogen) atoms. The molecule has 3 aromatic rings. The summed E-state index contributed by atoms with van der Waals surface area (Å²) in [6, 6.07) is 16.7. The van der Waals surface area contributed by atoms with Gasteiger partial charge in [-0.25, -0.2) is 5.43 Å². The molecule has 0 heterocycles. The summed E-state index contributed by atoms with van der Waals surface area (Å²) in [5.74, 6) is 0.837. The van der Waals surface area contributed by atoms with Crippen molar-refractivity contribution in [1.29, 1.82) is 0 Å². The van der Waals surface area contributed by atoms with Gasteiger partial charge in [0.05, 0.1) is 17.3 Å². The smallest absolute Gasteiger partial charge is 0.271 e. The van der Waals surface area contributed by atoms with Crippen LogP contribution in [0.5, 0.6) is 11.5 Å². The van der Waals surface area contributed by atoms with Crippen molar-refractivity contribution in [3.8, 4) is 11.5 Å². The van der Waals surface area contributed by atoms with Crippen LogP contribution in [0.1, 0.15) is 34.0 Å². The number of hydrogen-bond donors (Lipinski definition) is 1. The minimum Gasteiger partial charge on any atom is -0.490 e. The Hall–Kier alpha value is -2.35. The number of aryl methyl sites for hydroxylation is 1. The number of ether oxygens (including phenoxy) is 2. The molecule has 0 saturated heterocycles. The molecule has 8 heteroatoms. The zero-order chi connectivity index (χ0) is 23.1. The third-order valence-corrected chi connectivity index (χ3v) is 5.97. The summed E-state index contributed by atoms with van der Waals surface area (Å²) >= 11 is 13.1. The van der Waals surface area contributed by atoms with Gasteiger partial charge in [-0.15, -0.1) is 0 Å². The van der Waals surface area contributed by atoms with E-state index in [0.717, 1.165) is 25.6 Å². The normalized spacial score (nSPS) is 10.9. The lowest BCUT2D eigenvalue weighted by molar-refractivity contribution is 0.0955. The number of amides is 1. The molecule has 1 N–H and O–H groups in total. The molecule has 0 fully saturated rings. The number of nitrogens with zero attached hydrogens (tertiary/aromatic N) is 1. The highest BCUT2D eigenvalue weighted by atomic mass is 79.9. The fourth-order valence-electron chi connectivity index (χ4n) is 2.77. The van der Waals surface area contributed by atoms with Crippen LogP contribution in [0.25, 0.3) is 0 Å². The van der Waals surface area contributed by atoms with E-state index >= 15 is 0 Å². The van der Waals surface area contributed by atoms with Gasteiger partial charge in [0, 0.05) is 15.1 Å². The predicted molar refractivity (Wildman–Crippen MR) is 135 cm³/mol. The molecule has 0 bridgehead atoms. The Kier molecular flexibility index (Phi) is 8.73. The van der Waals surface area contributed by atoms with Gasteiger partial charge in [0.15, 0.2) is 11.5 Å². The number of hydrazone groups is 1. The summed E-state index contributed by atoms with van der Waals surface area (Å²) in [7, 11) is 0. The van der Waals surface area contributed by atoms with Crippen molar-refractivity contribution in [3.05, 3.63) is 90.8 Å². The summed E-state index contributed by atoms with van der Waals surface area (Å²) in [6.45, 7) is 4.66. The molecule has 3 rings (SSSR count). The van der Waals surface area contributed by atoms with Crippen LogP contribution in [0.2, 0.25) is 5.02 Å². The Morgan fingerprint density at radius 3 is 2.53 bits per heavy atom. The topological polar surface area (TPSA) is 59.9 Å². The fourth-order valence-corrected chi connectivity index (χ4v) is 3.78. The third-order valence-electron chi connectivity index (χ3n) is 4.44. The first-order valence-corrected chi connectivity index (χ1v) is 11.8. The summed E-state index contributed by atoms with van der Waals surface area (Å²) in [4.78, 5) is 12.3. The standard InChI is InChI=1S/C24H21Br2ClN2O3/c1-3-31-22-11-17(13-28-29-24(30)18-7-4-15(2)21(27)12-18)10-20(26)23(22)32-14-16-5-8-19(25)9-6-16/h4-13H,3,14H2,1-2H3,(H,29,30)/b28-13-. The zero-order valence-electron chi connectivity index (χ0n) is 17.5. The molecule has 0 unspecified atom stereocenters. The third kappa shape index (κ3) is 6.58. The first-order chi connectivity index (χ1) is 15.4. The zero-order valence-corrected chi connectivity index (χ0v) is 21.4. The van der Waals surface area contributed by atoms with Crippen LogP contribution in [0.15, 0.2) is 68.6 Å². The molecule has 3 aromatic carbocycles. The minimum absolute atomic E-state index is 0.346. The number of carbonyl (C=O) groups is 1. The first kappa shape index (κ1) is 24.3. The van der Waals surface area contributed by atoms with Crippen LogP contribution >= 0.6 is 43.5 Å². The second-order valence-corrected chi connectivity index (χ2v) is 9.02. The number of halogens is 3. The fraction of sp³-hybridized carbons (Fsp3) is 0.167. The first-order valence-electron chi connectivity index (χ1n) is 9.80. The maximum atomic E-state index is 12.3. The van der Waals surface area contributed by atoms with Crippen molar-refractivity contribution in [2.24, 2.45) is 5.10 Å². The van der Waals surface area contributed by atoms with Crippen LogP contribution in [0.4, 0.5) is 0 Å². The Morgan fingerprint density at radius 2 is 1.84 bits per heavy atom. The quantitative estimate of drug-likeness (QED) is 0.233. The monoisotopic (exact) mass is 578 g/mol. The van der Waals surface area contributed by atoms with Crippen molar-refractivity contribution in [1.82, 2.24) is 5.43 Å². The van der Waals surface area contributed by atoms with Gasteiger partial charge in [0.25, 0.3) is 5.91 Å². The lowest BCUT2D eigenvalue weighted by atomic mass is 10.1. The largest absolute Gasteiger partial charge is 0.490 e. The number of rotatable bonds is 8. The van der Waals surface area contributed by atoms with E-state index in [1.54, 1.807) is 24.4 Å². The molecule has 0 atom stereocenters. The van der Waals surface area contributed by atoms with Crippen LogP contribution in [0.3, 0.4) is 0 Å². The second-order valence-electron chi connectivity index (χ2n) is 6.84. The van der Waals surface area contributed by atoms with E-state index in [9.17, 15) is 4.79 Å². The summed E-state index contributed by atoms with van der Waals surface area (Å²) in [5, 5.41) is 4.59. The number of benzene rings is 3. The van der Waals surface area contributed by atoms with Crippen molar-refractivity contribution in [2.75, 3.05) is 6.61 Å². The minimum atomic E-state index is -0.346. The average molecular weight is 581 g/mol. The van der Waals surface area contributed by atoms with Gasteiger partial charge in [0.1, 0.15) is 6.61 Å². The number of carbonyl (C=O) groups excluding carboxylic acids is 1. The Labute approximate surface area is 209 Å². The number of hydrogen-bond acceptors (Lipinski definition) is 4. The lowest BCUT2D eigenvalue weighted by Crippen LogP contribution is -2.17. The van der Waals surface area contributed by atoms with Gasteiger partial charge < -0.3 is 9.47 Å². The van der Waals surface area contributed by atoms with Gasteiger partial charge in [-0.3, -0.25) is 4.79 Å². The van der Waals surface area contributed by atoms with Gasteiger partial charge in [-0.05, 0) is 82.9 Å². The van der Waals surface area contributed by atoms with Crippen molar-refractivity contribution >= 4 is 55.6 Å².